The van der Waals surface area contributed by atoms with Crippen LogP contribution in [0.5, 0.6) is 0 Å². The zero-order valence-electron chi connectivity index (χ0n) is 9.79. The number of halogens is 3. The van der Waals surface area contributed by atoms with E-state index in [1.807, 2.05) is 0 Å². The molecule has 1 heterocycles. The average Bonchev–Trinajstić information content (AvgIpc) is 2.29. The van der Waals surface area contributed by atoms with Gasteiger partial charge in [-0.3, -0.25) is 9.59 Å². The summed E-state index contributed by atoms with van der Waals surface area (Å²) in [5, 5.41) is 2.46. The maximum absolute atomic E-state index is 12.4. The Morgan fingerprint density at radius 3 is 2.67 bits per heavy atom. The van der Waals surface area contributed by atoms with Crippen LogP contribution in [0.4, 0.5) is 13.2 Å². The van der Waals surface area contributed by atoms with Crippen LogP contribution in [0.15, 0.2) is 0 Å². The highest BCUT2D eigenvalue weighted by molar-refractivity contribution is 5.90. The number of nitrogens with two attached hydrogens (primary N) is 1. The Labute approximate surface area is 102 Å². The molecule has 0 aromatic heterocycles. The summed E-state index contributed by atoms with van der Waals surface area (Å²) in [6, 6.07) is -1.04. The van der Waals surface area contributed by atoms with E-state index in [1.165, 1.54) is 0 Å². The first-order chi connectivity index (χ1) is 8.38. The molecule has 0 aromatic rings. The number of piperazine rings is 1. The van der Waals surface area contributed by atoms with Crippen molar-refractivity contribution >= 4 is 11.8 Å². The van der Waals surface area contributed by atoms with Gasteiger partial charge in [0.15, 0.2) is 0 Å². The summed E-state index contributed by atoms with van der Waals surface area (Å²) < 4.78 is 37.1. The Morgan fingerprint density at radius 1 is 1.44 bits per heavy atom. The largest absolute Gasteiger partial charge is 0.471 e. The van der Waals surface area contributed by atoms with E-state index in [0.717, 1.165) is 0 Å². The summed E-state index contributed by atoms with van der Waals surface area (Å²) in [7, 11) is 0. The van der Waals surface area contributed by atoms with Crippen molar-refractivity contribution in [2.24, 2.45) is 5.73 Å². The fourth-order valence-electron chi connectivity index (χ4n) is 1.89. The van der Waals surface area contributed by atoms with Crippen LogP contribution < -0.4 is 11.1 Å². The van der Waals surface area contributed by atoms with Crippen molar-refractivity contribution in [1.82, 2.24) is 10.2 Å². The molecular formula is C10H16F3N3O2. The van der Waals surface area contributed by atoms with Crippen molar-refractivity contribution in [3.63, 3.8) is 0 Å². The van der Waals surface area contributed by atoms with Gasteiger partial charge in [-0.1, -0.05) is 0 Å². The highest BCUT2D eigenvalue weighted by Crippen LogP contribution is 2.22. The number of carbonyl (C=O) groups is 2. The van der Waals surface area contributed by atoms with Crippen molar-refractivity contribution in [2.75, 3.05) is 19.6 Å². The quantitative estimate of drug-likeness (QED) is 0.704. The number of carbonyl (C=O) groups excluding carboxylic acids is 2. The van der Waals surface area contributed by atoms with E-state index in [2.05, 4.69) is 5.32 Å². The first kappa shape index (κ1) is 14.7. The third-order valence-electron chi connectivity index (χ3n) is 2.77. The van der Waals surface area contributed by atoms with E-state index in [-0.39, 0.29) is 19.5 Å². The molecule has 0 radical (unpaired) electrons. The first-order valence-electron chi connectivity index (χ1n) is 5.73. The molecular weight excluding hydrogens is 251 g/mol. The summed E-state index contributed by atoms with van der Waals surface area (Å²) in [5.41, 5.74) is 5.28. The minimum atomic E-state index is -4.94. The fraction of sp³-hybridized carbons (Fsp3) is 0.800. The number of nitrogens with one attached hydrogen (secondary N) is 1. The molecule has 0 spiro atoms. The van der Waals surface area contributed by atoms with Crippen LogP contribution in [0.3, 0.4) is 0 Å². The standard InChI is InChI=1S/C10H16F3N3O2/c11-10(12,13)9(18)16-6-5-15-8(17)7(16)3-1-2-4-14/h7H,1-6,14H2,(H,15,17). The van der Waals surface area contributed by atoms with Gasteiger partial charge in [-0.25, -0.2) is 0 Å². The number of nitrogens with zero attached hydrogens (tertiary/aromatic N) is 1. The molecule has 18 heavy (non-hydrogen) atoms. The Balaban J connectivity index is 2.72. The van der Waals surface area contributed by atoms with Gasteiger partial charge in [0.25, 0.3) is 0 Å². The molecule has 0 aromatic carbocycles. The molecule has 1 fully saturated rings. The zero-order chi connectivity index (χ0) is 13.8. The predicted molar refractivity (Wildman–Crippen MR) is 57.5 cm³/mol. The van der Waals surface area contributed by atoms with Crippen molar-refractivity contribution in [1.29, 1.82) is 0 Å². The first-order valence-corrected chi connectivity index (χ1v) is 5.73. The molecule has 0 bridgehead atoms. The maximum atomic E-state index is 12.4. The Bertz CT molecular complexity index is 320. The number of rotatable bonds is 4. The van der Waals surface area contributed by atoms with Crippen molar-refractivity contribution < 1.29 is 22.8 Å². The normalized spacial score (nSPS) is 20.8. The van der Waals surface area contributed by atoms with Gasteiger partial charge in [0.1, 0.15) is 6.04 Å². The second-order valence-corrected chi connectivity index (χ2v) is 4.09. The van der Waals surface area contributed by atoms with Gasteiger partial charge in [-0.15, -0.1) is 0 Å². The SMILES string of the molecule is NCCCCC1C(=O)NCCN1C(=O)C(F)(F)F. The van der Waals surface area contributed by atoms with Gasteiger partial charge >= 0.3 is 12.1 Å². The van der Waals surface area contributed by atoms with Crippen molar-refractivity contribution in [3.05, 3.63) is 0 Å². The number of hydrogen-bond donors (Lipinski definition) is 2. The third kappa shape index (κ3) is 3.59. The van der Waals surface area contributed by atoms with Gasteiger partial charge in [0, 0.05) is 13.1 Å². The highest BCUT2D eigenvalue weighted by Gasteiger charge is 2.46. The molecule has 1 saturated heterocycles. The van der Waals surface area contributed by atoms with Crippen molar-refractivity contribution in [2.45, 2.75) is 31.5 Å². The van der Waals surface area contributed by atoms with E-state index in [1.54, 1.807) is 0 Å². The summed E-state index contributed by atoms with van der Waals surface area (Å²) in [5.74, 6) is -2.48. The lowest BCUT2D eigenvalue weighted by Gasteiger charge is -2.35. The van der Waals surface area contributed by atoms with Crippen LogP contribution in [0.1, 0.15) is 19.3 Å². The fourth-order valence-corrected chi connectivity index (χ4v) is 1.89. The topological polar surface area (TPSA) is 75.4 Å². The van der Waals surface area contributed by atoms with Crippen molar-refractivity contribution in [3.8, 4) is 0 Å². The number of amides is 2. The smallest absolute Gasteiger partial charge is 0.353 e. The van der Waals surface area contributed by atoms with E-state index in [9.17, 15) is 22.8 Å². The third-order valence-corrected chi connectivity index (χ3v) is 2.77. The molecule has 8 heteroatoms. The molecule has 0 saturated carbocycles. The lowest BCUT2D eigenvalue weighted by Crippen LogP contribution is -2.59. The lowest BCUT2D eigenvalue weighted by molar-refractivity contribution is -0.189. The zero-order valence-corrected chi connectivity index (χ0v) is 9.79. The molecule has 1 rings (SSSR count). The average molecular weight is 267 g/mol. The van der Waals surface area contributed by atoms with Gasteiger partial charge in [-0.05, 0) is 25.8 Å². The molecule has 1 aliphatic heterocycles. The van der Waals surface area contributed by atoms with E-state index >= 15 is 0 Å². The van der Waals surface area contributed by atoms with E-state index in [4.69, 9.17) is 5.73 Å². The Kier molecular flexibility index (Phi) is 4.94. The molecule has 1 aliphatic rings. The van der Waals surface area contributed by atoms with Crippen LogP contribution in [-0.2, 0) is 9.59 Å². The van der Waals surface area contributed by atoms with Crippen LogP contribution in [-0.4, -0.2) is 48.6 Å². The molecule has 0 aliphatic carbocycles. The Hall–Kier alpha value is -1.31. The highest BCUT2D eigenvalue weighted by atomic mass is 19.4. The molecule has 5 nitrogen and oxygen atoms in total. The van der Waals surface area contributed by atoms with Gasteiger partial charge in [-0.2, -0.15) is 13.2 Å². The second kappa shape index (κ2) is 6.03. The number of hydrogen-bond acceptors (Lipinski definition) is 3. The van der Waals surface area contributed by atoms with Crippen LogP contribution in [0.25, 0.3) is 0 Å². The molecule has 1 atom stereocenters. The lowest BCUT2D eigenvalue weighted by atomic mass is 10.0. The Morgan fingerprint density at radius 2 is 2.11 bits per heavy atom. The van der Waals surface area contributed by atoms with Crippen LogP contribution >= 0.6 is 0 Å². The summed E-state index contributed by atoms with van der Waals surface area (Å²) in [6.45, 7) is 0.340. The van der Waals surface area contributed by atoms with Crippen LogP contribution in [0, 0.1) is 0 Å². The van der Waals surface area contributed by atoms with Gasteiger partial charge < -0.3 is 16.0 Å². The maximum Gasteiger partial charge on any atom is 0.471 e. The molecule has 1 unspecified atom stereocenters. The van der Waals surface area contributed by atoms with E-state index in [0.29, 0.717) is 24.3 Å². The monoisotopic (exact) mass is 267 g/mol. The molecule has 104 valence electrons. The minimum absolute atomic E-state index is 0.0496. The predicted octanol–water partition coefficient (Wildman–Crippen LogP) is 0.00470. The molecule has 3 N–H and O–H groups in total. The second-order valence-electron chi connectivity index (χ2n) is 4.09. The summed E-state index contributed by atoms with van der Waals surface area (Å²) in [4.78, 5) is 23.3. The van der Waals surface area contributed by atoms with E-state index < -0.39 is 24.0 Å². The number of unbranched alkanes of at least 4 members (excludes halogenated alkanes) is 1. The molecule has 2 amide bonds. The minimum Gasteiger partial charge on any atom is -0.353 e. The van der Waals surface area contributed by atoms with Gasteiger partial charge in [0.05, 0.1) is 0 Å². The van der Waals surface area contributed by atoms with Gasteiger partial charge in [0.2, 0.25) is 5.91 Å². The summed E-state index contributed by atoms with van der Waals surface area (Å²) >= 11 is 0. The van der Waals surface area contributed by atoms with Crippen LogP contribution in [0.2, 0.25) is 0 Å². The summed E-state index contributed by atoms with van der Waals surface area (Å²) in [6.07, 6.45) is -3.62. The number of alkyl halides is 3.